The molecule has 0 radical (unpaired) electrons. The fourth-order valence-corrected chi connectivity index (χ4v) is 4.56. The van der Waals surface area contributed by atoms with E-state index >= 15 is 0 Å². The molecule has 1 aliphatic carbocycles. The van der Waals surface area contributed by atoms with E-state index in [4.69, 9.17) is 4.74 Å². The summed E-state index contributed by atoms with van der Waals surface area (Å²) in [5, 5.41) is 0. The van der Waals surface area contributed by atoms with E-state index in [0.717, 1.165) is 34.9 Å². The highest BCUT2D eigenvalue weighted by atomic mass is 79.9. The van der Waals surface area contributed by atoms with Crippen molar-refractivity contribution in [2.75, 3.05) is 6.54 Å². The Kier molecular flexibility index (Phi) is 4.63. The van der Waals surface area contributed by atoms with E-state index in [2.05, 4.69) is 34.6 Å². The van der Waals surface area contributed by atoms with Gasteiger partial charge in [0.2, 0.25) is 0 Å². The van der Waals surface area contributed by atoms with Crippen LogP contribution in [0.3, 0.4) is 0 Å². The zero-order valence-electron chi connectivity index (χ0n) is 15.6. The van der Waals surface area contributed by atoms with Crippen LogP contribution in [0.25, 0.3) is 0 Å². The lowest BCUT2D eigenvalue weighted by atomic mass is 9.83. The lowest BCUT2D eigenvalue weighted by Gasteiger charge is -2.44. The van der Waals surface area contributed by atoms with Gasteiger partial charge in [-0.3, -0.25) is 4.90 Å². The topological polar surface area (TPSA) is 29.5 Å². The molecule has 2 aliphatic rings. The largest absolute Gasteiger partial charge is 0.437 e. The molecule has 4 rings (SSSR count). The van der Waals surface area contributed by atoms with Crippen molar-refractivity contribution < 1.29 is 9.53 Å². The normalized spacial score (nSPS) is 23.6. The summed E-state index contributed by atoms with van der Waals surface area (Å²) in [6.07, 6.45) is 3.19. The molecule has 1 unspecified atom stereocenters. The summed E-state index contributed by atoms with van der Waals surface area (Å²) in [6, 6.07) is 18.4. The van der Waals surface area contributed by atoms with Crippen molar-refractivity contribution in [3.05, 3.63) is 82.3 Å². The third-order valence-electron chi connectivity index (χ3n) is 5.75. The van der Waals surface area contributed by atoms with Crippen LogP contribution in [0.4, 0.5) is 4.79 Å². The molecule has 27 heavy (non-hydrogen) atoms. The van der Waals surface area contributed by atoms with Gasteiger partial charge in [-0.1, -0.05) is 70.5 Å². The first kappa shape index (κ1) is 18.3. The number of hydrogen-bond donors (Lipinski definition) is 0. The molecule has 2 aromatic carbocycles. The maximum Gasteiger partial charge on any atom is 0.411 e. The molecule has 3 nitrogen and oxygen atoms in total. The molecule has 1 heterocycles. The minimum Gasteiger partial charge on any atom is -0.437 e. The number of carbonyl (C=O) groups is 1. The van der Waals surface area contributed by atoms with Crippen LogP contribution >= 0.6 is 15.9 Å². The Hall–Kier alpha value is -2.07. The number of benzene rings is 2. The summed E-state index contributed by atoms with van der Waals surface area (Å²) in [4.78, 5) is 15.1. The molecule has 1 aliphatic heterocycles. The van der Waals surface area contributed by atoms with E-state index in [1.165, 1.54) is 5.56 Å². The number of carbonyl (C=O) groups excluding carboxylic acids is 1. The van der Waals surface area contributed by atoms with Crippen molar-refractivity contribution in [2.24, 2.45) is 0 Å². The predicted octanol–water partition coefficient (Wildman–Crippen LogP) is 6.14. The SMILES string of the molecule is C=C(C)CC1(c2ccccc2)CCN(C2(c3ccc(Br)cc3)CC2)C(=O)O1. The molecule has 0 bridgehead atoms. The average molecular weight is 426 g/mol. The second-order valence-electron chi connectivity index (χ2n) is 7.80. The summed E-state index contributed by atoms with van der Waals surface area (Å²) in [5.41, 5.74) is 2.44. The van der Waals surface area contributed by atoms with Gasteiger partial charge in [0.1, 0.15) is 5.60 Å². The van der Waals surface area contributed by atoms with Crippen LogP contribution in [0, 0.1) is 0 Å². The second kappa shape index (κ2) is 6.83. The molecule has 1 saturated carbocycles. The average Bonchev–Trinajstić information content (AvgIpc) is 3.44. The molecule has 0 N–H and O–H groups in total. The number of rotatable bonds is 5. The van der Waals surface area contributed by atoms with Gasteiger partial charge in [-0.15, -0.1) is 0 Å². The second-order valence-corrected chi connectivity index (χ2v) is 8.72. The van der Waals surface area contributed by atoms with Crippen LogP contribution in [0.5, 0.6) is 0 Å². The Labute approximate surface area is 169 Å². The first-order valence-corrected chi connectivity index (χ1v) is 10.2. The van der Waals surface area contributed by atoms with E-state index in [-0.39, 0.29) is 11.6 Å². The lowest BCUT2D eigenvalue weighted by Crippen LogP contribution is -2.52. The van der Waals surface area contributed by atoms with Crippen LogP contribution in [0.1, 0.15) is 43.7 Å². The molecular weight excluding hydrogens is 402 g/mol. The number of ether oxygens (including phenoxy) is 1. The van der Waals surface area contributed by atoms with Gasteiger partial charge in [0, 0.05) is 23.9 Å². The third-order valence-corrected chi connectivity index (χ3v) is 6.28. The Balaban J connectivity index is 1.62. The van der Waals surface area contributed by atoms with E-state index < -0.39 is 5.60 Å². The molecule has 1 amide bonds. The molecule has 1 atom stereocenters. The third kappa shape index (κ3) is 3.31. The first-order chi connectivity index (χ1) is 13.0. The van der Waals surface area contributed by atoms with E-state index in [1.807, 2.05) is 54.3 Å². The quantitative estimate of drug-likeness (QED) is 0.538. The van der Waals surface area contributed by atoms with Crippen LogP contribution in [-0.4, -0.2) is 17.5 Å². The number of hydrogen-bond acceptors (Lipinski definition) is 2. The van der Waals surface area contributed by atoms with E-state index in [0.29, 0.717) is 13.0 Å². The standard InChI is InChI=1S/C23H24BrNO2/c1-17(2)16-23(19-6-4-3-5-7-19)14-15-25(21(26)27-23)22(12-13-22)18-8-10-20(24)11-9-18/h3-11H,1,12-16H2,2H3. The van der Waals surface area contributed by atoms with Crippen LogP contribution in [-0.2, 0) is 15.9 Å². The zero-order valence-corrected chi connectivity index (χ0v) is 17.2. The first-order valence-electron chi connectivity index (χ1n) is 9.42. The van der Waals surface area contributed by atoms with Gasteiger partial charge in [0.25, 0.3) is 0 Å². The van der Waals surface area contributed by atoms with Gasteiger partial charge in [0.05, 0.1) is 5.54 Å². The predicted molar refractivity (Wildman–Crippen MR) is 110 cm³/mol. The minimum atomic E-state index is -0.615. The van der Waals surface area contributed by atoms with E-state index in [1.54, 1.807) is 0 Å². The number of halogens is 1. The molecule has 4 heteroatoms. The maximum atomic E-state index is 13.2. The Morgan fingerprint density at radius 3 is 2.30 bits per heavy atom. The molecule has 2 aromatic rings. The lowest BCUT2D eigenvalue weighted by molar-refractivity contribution is -0.0652. The monoisotopic (exact) mass is 425 g/mol. The van der Waals surface area contributed by atoms with Gasteiger partial charge in [-0.2, -0.15) is 0 Å². The summed E-state index contributed by atoms with van der Waals surface area (Å²) < 4.78 is 7.22. The minimum absolute atomic E-state index is 0.205. The fourth-order valence-electron chi connectivity index (χ4n) is 4.30. The van der Waals surface area contributed by atoms with Gasteiger partial charge in [-0.25, -0.2) is 4.79 Å². The molecule has 140 valence electrons. The van der Waals surface area contributed by atoms with Crippen molar-refractivity contribution in [1.29, 1.82) is 0 Å². The van der Waals surface area contributed by atoms with E-state index in [9.17, 15) is 4.79 Å². The molecule has 0 aromatic heterocycles. The highest BCUT2D eigenvalue weighted by molar-refractivity contribution is 9.10. The van der Waals surface area contributed by atoms with Gasteiger partial charge < -0.3 is 4.74 Å². The van der Waals surface area contributed by atoms with Crippen LogP contribution in [0.15, 0.2) is 71.2 Å². The molecule has 1 saturated heterocycles. The Bertz CT molecular complexity index is 858. The van der Waals surface area contributed by atoms with Crippen LogP contribution < -0.4 is 0 Å². The summed E-state index contributed by atoms with van der Waals surface area (Å²) in [6.45, 7) is 6.76. The van der Waals surface area contributed by atoms with Crippen molar-refractivity contribution in [1.82, 2.24) is 4.90 Å². The summed E-state index contributed by atoms with van der Waals surface area (Å²) in [5.74, 6) is 0. The van der Waals surface area contributed by atoms with Crippen molar-refractivity contribution in [3.8, 4) is 0 Å². The highest BCUT2D eigenvalue weighted by Crippen LogP contribution is 2.54. The molecule has 0 spiro atoms. The van der Waals surface area contributed by atoms with Crippen LogP contribution in [0.2, 0.25) is 0 Å². The van der Waals surface area contributed by atoms with Gasteiger partial charge in [-0.05, 0) is 43.0 Å². The molecule has 2 fully saturated rings. The summed E-state index contributed by atoms with van der Waals surface area (Å²) >= 11 is 3.49. The smallest absolute Gasteiger partial charge is 0.411 e. The Morgan fingerprint density at radius 2 is 1.74 bits per heavy atom. The summed E-state index contributed by atoms with van der Waals surface area (Å²) in [7, 11) is 0. The van der Waals surface area contributed by atoms with Gasteiger partial charge >= 0.3 is 6.09 Å². The van der Waals surface area contributed by atoms with Crippen molar-refractivity contribution in [2.45, 2.75) is 43.7 Å². The maximum absolute atomic E-state index is 13.2. The van der Waals surface area contributed by atoms with Crippen molar-refractivity contribution >= 4 is 22.0 Å². The fraction of sp³-hybridized carbons (Fsp3) is 0.348. The van der Waals surface area contributed by atoms with Gasteiger partial charge in [0.15, 0.2) is 0 Å². The highest BCUT2D eigenvalue weighted by Gasteiger charge is 2.55. The zero-order chi connectivity index (χ0) is 19.1. The number of nitrogens with zero attached hydrogens (tertiary/aromatic N) is 1. The Morgan fingerprint density at radius 1 is 1.07 bits per heavy atom. The molecular formula is C23H24BrNO2. The number of cyclic esters (lactones) is 1. The van der Waals surface area contributed by atoms with Crippen molar-refractivity contribution in [3.63, 3.8) is 0 Å². The number of amides is 1.